The normalized spacial score (nSPS) is 18.9. The van der Waals surface area contributed by atoms with Gasteiger partial charge in [-0.3, -0.25) is 0 Å². The van der Waals surface area contributed by atoms with Gasteiger partial charge in [0, 0.05) is 23.3 Å². The molecule has 0 saturated heterocycles. The molecule has 0 aliphatic heterocycles. The summed E-state index contributed by atoms with van der Waals surface area (Å²) in [6.07, 6.45) is 7.64. The van der Waals surface area contributed by atoms with Gasteiger partial charge in [0.05, 0.1) is 6.04 Å². The number of anilines is 1. The van der Waals surface area contributed by atoms with Crippen LogP contribution in [0.25, 0.3) is 0 Å². The predicted octanol–water partition coefficient (Wildman–Crippen LogP) is 4.02. The van der Waals surface area contributed by atoms with Crippen molar-refractivity contribution in [2.45, 2.75) is 45.2 Å². The van der Waals surface area contributed by atoms with Crippen molar-refractivity contribution in [3.63, 3.8) is 0 Å². The first-order valence-electron chi connectivity index (χ1n) is 6.61. The quantitative estimate of drug-likeness (QED) is 0.904. The summed E-state index contributed by atoms with van der Waals surface area (Å²) in [6, 6.07) is 3.14. The molecule has 2 aromatic heterocycles. The number of aromatic nitrogens is 2. The molecule has 1 atom stereocenters. The second-order valence-corrected chi connectivity index (χ2v) is 6.14. The molecule has 1 unspecified atom stereocenters. The van der Waals surface area contributed by atoms with Crippen molar-refractivity contribution < 1.29 is 0 Å². The molecule has 4 heteroatoms. The molecule has 2 heterocycles. The Morgan fingerprint density at radius 2 is 2.39 bits per heavy atom. The minimum absolute atomic E-state index is 0.430. The molecule has 1 N–H and O–H groups in total. The lowest BCUT2D eigenvalue weighted by Gasteiger charge is -2.25. The van der Waals surface area contributed by atoms with Crippen LogP contribution in [0.5, 0.6) is 0 Å². The van der Waals surface area contributed by atoms with Crippen molar-refractivity contribution in [1.29, 1.82) is 0 Å². The Hall–Kier alpha value is -1.29. The molecule has 3 nitrogen and oxygen atoms in total. The second kappa shape index (κ2) is 4.76. The van der Waals surface area contributed by atoms with Gasteiger partial charge in [-0.05, 0) is 50.1 Å². The minimum atomic E-state index is 0.430. The summed E-state index contributed by atoms with van der Waals surface area (Å²) in [5.74, 6) is 0.994. The fraction of sp³-hybridized carbons (Fsp3) is 0.500. The molecular formula is C14H19N3S. The number of nitrogens with zero attached hydrogens (tertiary/aromatic N) is 2. The Morgan fingerprint density at radius 1 is 1.50 bits per heavy atom. The average molecular weight is 261 g/mol. The van der Waals surface area contributed by atoms with E-state index in [4.69, 9.17) is 0 Å². The van der Waals surface area contributed by atoms with Crippen LogP contribution in [0, 0.1) is 0 Å². The summed E-state index contributed by atoms with van der Waals surface area (Å²) in [7, 11) is 0. The second-order valence-electron chi connectivity index (χ2n) is 5.14. The van der Waals surface area contributed by atoms with Gasteiger partial charge in [-0.2, -0.15) is 0 Å². The van der Waals surface area contributed by atoms with Crippen LogP contribution in [-0.4, -0.2) is 9.55 Å². The lowest BCUT2D eigenvalue weighted by Crippen LogP contribution is -2.18. The van der Waals surface area contributed by atoms with E-state index >= 15 is 0 Å². The van der Waals surface area contributed by atoms with E-state index in [-0.39, 0.29) is 0 Å². The first-order chi connectivity index (χ1) is 8.75. The summed E-state index contributed by atoms with van der Waals surface area (Å²) >= 11 is 1.89. The van der Waals surface area contributed by atoms with Gasteiger partial charge in [-0.15, -0.1) is 11.3 Å². The van der Waals surface area contributed by atoms with E-state index in [1.165, 1.54) is 24.8 Å². The third-order valence-corrected chi connectivity index (χ3v) is 4.58. The summed E-state index contributed by atoms with van der Waals surface area (Å²) in [5, 5.41) is 5.82. The van der Waals surface area contributed by atoms with Gasteiger partial charge in [0.15, 0.2) is 0 Å². The van der Waals surface area contributed by atoms with Crippen LogP contribution >= 0.6 is 11.3 Å². The van der Waals surface area contributed by atoms with Crippen molar-refractivity contribution in [2.24, 2.45) is 0 Å². The van der Waals surface area contributed by atoms with E-state index in [0.29, 0.717) is 12.1 Å². The highest BCUT2D eigenvalue weighted by atomic mass is 32.1. The topological polar surface area (TPSA) is 29.9 Å². The minimum Gasteiger partial charge on any atom is -0.349 e. The fourth-order valence-corrected chi connectivity index (χ4v) is 3.62. The summed E-state index contributed by atoms with van der Waals surface area (Å²) in [4.78, 5) is 5.99. The van der Waals surface area contributed by atoms with Crippen LogP contribution in [0.4, 0.5) is 5.95 Å². The summed E-state index contributed by atoms with van der Waals surface area (Å²) in [5.41, 5.74) is 1.48. The van der Waals surface area contributed by atoms with Crippen molar-refractivity contribution >= 4 is 17.3 Å². The first kappa shape index (κ1) is 11.8. The maximum atomic E-state index is 4.44. The molecule has 0 spiro atoms. The number of hydrogen-bond acceptors (Lipinski definition) is 3. The van der Waals surface area contributed by atoms with E-state index in [1.807, 2.05) is 23.7 Å². The fourth-order valence-electron chi connectivity index (χ4n) is 2.63. The lowest BCUT2D eigenvalue weighted by molar-refractivity contribution is 0.572. The molecule has 2 aromatic rings. The van der Waals surface area contributed by atoms with Gasteiger partial charge < -0.3 is 9.88 Å². The van der Waals surface area contributed by atoms with E-state index in [2.05, 4.69) is 40.2 Å². The molecule has 3 rings (SSSR count). The van der Waals surface area contributed by atoms with Crippen LogP contribution in [-0.2, 0) is 6.42 Å². The van der Waals surface area contributed by atoms with Crippen LogP contribution < -0.4 is 5.32 Å². The number of fused-ring (bicyclic) bond motifs is 1. The van der Waals surface area contributed by atoms with Crippen LogP contribution in [0.3, 0.4) is 0 Å². The van der Waals surface area contributed by atoms with E-state index < -0.39 is 0 Å². The SMILES string of the molecule is CC(C)n1ccnc1NC1CCCc2sccc21. The monoisotopic (exact) mass is 261 g/mol. The Kier molecular flexibility index (Phi) is 3.12. The number of aryl methyl sites for hydroxylation is 1. The third kappa shape index (κ3) is 2.05. The van der Waals surface area contributed by atoms with E-state index in [0.717, 1.165) is 5.95 Å². The van der Waals surface area contributed by atoms with Crippen LogP contribution in [0.1, 0.15) is 49.2 Å². The zero-order valence-electron chi connectivity index (χ0n) is 10.9. The Balaban J connectivity index is 1.84. The van der Waals surface area contributed by atoms with Gasteiger partial charge in [-0.25, -0.2) is 4.98 Å². The Morgan fingerprint density at radius 3 is 3.22 bits per heavy atom. The highest BCUT2D eigenvalue weighted by Crippen LogP contribution is 2.35. The summed E-state index contributed by atoms with van der Waals surface area (Å²) < 4.78 is 2.20. The zero-order valence-corrected chi connectivity index (χ0v) is 11.7. The smallest absolute Gasteiger partial charge is 0.203 e. The standard InChI is InChI=1S/C14H19N3S/c1-10(2)17-8-7-15-14(17)16-12-4-3-5-13-11(12)6-9-18-13/h6-10,12H,3-5H2,1-2H3,(H,15,16). The molecule has 0 fully saturated rings. The largest absolute Gasteiger partial charge is 0.349 e. The molecule has 18 heavy (non-hydrogen) atoms. The van der Waals surface area contributed by atoms with Crippen molar-refractivity contribution in [3.05, 3.63) is 34.3 Å². The Labute approximate surface area is 112 Å². The molecule has 0 bridgehead atoms. The Bertz CT molecular complexity index is 527. The molecule has 96 valence electrons. The molecular weight excluding hydrogens is 242 g/mol. The highest BCUT2D eigenvalue weighted by molar-refractivity contribution is 7.10. The highest BCUT2D eigenvalue weighted by Gasteiger charge is 2.22. The number of imidazole rings is 1. The molecule has 0 amide bonds. The van der Waals surface area contributed by atoms with Gasteiger partial charge >= 0.3 is 0 Å². The number of rotatable bonds is 3. The number of thiophene rings is 1. The van der Waals surface area contributed by atoms with E-state index in [9.17, 15) is 0 Å². The lowest BCUT2D eigenvalue weighted by atomic mass is 9.94. The third-order valence-electron chi connectivity index (χ3n) is 3.58. The van der Waals surface area contributed by atoms with Crippen LogP contribution in [0.2, 0.25) is 0 Å². The molecule has 0 saturated carbocycles. The van der Waals surface area contributed by atoms with Gasteiger partial charge in [0.2, 0.25) is 5.95 Å². The van der Waals surface area contributed by atoms with Gasteiger partial charge in [0.1, 0.15) is 0 Å². The van der Waals surface area contributed by atoms with Crippen LogP contribution in [0.15, 0.2) is 23.8 Å². The molecule has 1 aliphatic rings. The van der Waals surface area contributed by atoms with Gasteiger partial charge in [0.25, 0.3) is 0 Å². The first-order valence-corrected chi connectivity index (χ1v) is 7.49. The summed E-state index contributed by atoms with van der Waals surface area (Å²) in [6.45, 7) is 4.37. The van der Waals surface area contributed by atoms with Crippen molar-refractivity contribution in [2.75, 3.05) is 5.32 Å². The maximum absolute atomic E-state index is 4.44. The average Bonchev–Trinajstić information content (AvgIpc) is 2.96. The van der Waals surface area contributed by atoms with E-state index in [1.54, 1.807) is 4.88 Å². The molecule has 0 radical (unpaired) electrons. The maximum Gasteiger partial charge on any atom is 0.203 e. The predicted molar refractivity (Wildman–Crippen MR) is 76.2 cm³/mol. The molecule has 0 aromatic carbocycles. The zero-order chi connectivity index (χ0) is 12.5. The number of hydrogen-bond donors (Lipinski definition) is 1. The number of nitrogens with one attached hydrogen (secondary N) is 1. The van der Waals surface area contributed by atoms with Gasteiger partial charge in [-0.1, -0.05) is 0 Å². The molecule has 1 aliphatic carbocycles. The van der Waals surface area contributed by atoms with Crippen molar-refractivity contribution in [3.8, 4) is 0 Å². The van der Waals surface area contributed by atoms with Crippen molar-refractivity contribution in [1.82, 2.24) is 9.55 Å².